The van der Waals surface area contributed by atoms with Crippen molar-refractivity contribution in [2.24, 2.45) is 0 Å². The third-order valence-electron chi connectivity index (χ3n) is 9.51. The number of nitrogens with one attached hydrogen (secondary N) is 2. The highest BCUT2D eigenvalue weighted by molar-refractivity contribution is 8.93. The molecule has 0 saturated carbocycles. The molecule has 3 aliphatic rings. The molecule has 3 aromatic rings. The average molecular weight is 748 g/mol. The molecule has 1 saturated heterocycles. The van der Waals surface area contributed by atoms with E-state index in [9.17, 15) is 9.59 Å². The molecule has 252 valence electrons. The van der Waals surface area contributed by atoms with Gasteiger partial charge >= 0.3 is 0 Å². The molecule has 2 N–H and O–H groups in total. The van der Waals surface area contributed by atoms with Crippen LogP contribution in [0.25, 0.3) is 0 Å². The fourth-order valence-electron chi connectivity index (χ4n) is 6.79. The smallest absolute Gasteiger partial charge is 0.224 e. The van der Waals surface area contributed by atoms with Gasteiger partial charge in [-0.15, -0.1) is 17.0 Å². The molecule has 47 heavy (non-hydrogen) atoms. The van der Waals surface area contributed by atoms with E-state index >= 15 is 0 Å². The van der Waals surface area contributed by atoms with Crippen molar-refractivity contribution in [2.45, 2.75) is 51.4 Å². The number of ether oxygens (including phenoxy) is 2. The van der Waals surface area contributed by atoms with Crippen LogP contribution in [0.2, 0.25) is 10.0 Å². The number of aryl methyl sites for hydroxylation is 2. The predicted molar refractivity (Wildman–Crippen MR) is 195 cm³/mol. The maximum absolute atomic E-state index is 11.8. The molecule has 3 aliphatic heterocycles. The van der Waals surface area contributed by atoms with E-state index in [0.29, 0.717) is 36.1 Å². The van der Waals surface area contributed by atoms with E-state index in [4.69, 9.17) is 32.7 Å². The average Bonchev–Trinajstić information content (AvgIpc) is 3.06. The summed E-state index contributed by atoms with van der Waals surface area (Å²) >= 11 is 12.9. The van der Waals surface area contributed by atoms with E-state index < -0.39 is 0 Å². The topological polar surface area (TPSA) is 79.9 Å². The van der Waals surface area contributed by atoms with Crippen LogP contribution in [0.5, 0.6) is 11.5 Å². The molecule has 0 spiro atoms. The number of anilines is 3. The summed E-state index contributed by atoms with van der Waals surface area (Å²) in [5.41, 5.74) is 5.09. The second kappa shape index (κ2) is 16.4. The minimum Gasteiger partial charge on any atom is -0.494 e. The van der Waals surface area contributed by atoms with Crippen molar-refractivity contribution in [3.8, 4) is 11.5 Å². The Morgan fingerprint density at radius 2 is 1.23 bits per heavy atom. The Morgan fingerprint density at radius 3 is 1.77 bits per heavy atom. The number of hydrogen-bond donors (Lipinski definition) is 2. The summed E-state index contributed by atoms with van der Waals surface area (Å²) in [6, 6.07) is 17.9. The second-order valence-corrected chi connectivity index (χ2v) is 13.4. The monoisotopic (exact) mass is 745 g/mol. The normalized spacial score (nSPS) is 16.7. The molecule has 0 atom stereocenters. The van der Waals surface area contributed by atoms with Gasteiger partial charge in [0.2, 0.25) is 11.8 Å². The molecule has 3 heterocycles. The largest absolute Gasteiger partial charge is 0.494 e. The predicted octanol–water partition coefficient (Wildman–Crippen LogP) is 7.70. The second-order valence-electron chi connectivity index (χ2n) is 12.6. The van der Waals surface area contributed by atoms with E-state index in [2.05, 4.69) is 33.7 Å². The van der Waals surface area contributed by atoms with Gasteiger partial charge in [0.1, 0.15) is 11.5 Å². The first-order valence-electron chi connectivity index (χ1n) is 16.5. The fraction of sp³-hybridized carbons (Fsp3) is 0.444. The van der Waals surface area contributed by atoms with Crippen LogP contribution in [0.4, 0.5) is 17.1 Å². The summed E-state index contributed by atoms with van der Waals surface area (Å²) in [4.78, 5) is 26.0. The maximum atomic E-state index is 11.8. The van der Waals surface area contributed by atoms with Crippen LogP contribution in [0.3, 0.4) is 0 Å². The van der Waals surface area contributed by atoms with Crippen LogP contribution in [-0.4, -0.2) is 68.8 Å². The summed E-state index contributed by atoms with van der Waals surface area (Å²) in [5, 5.41) is 7.13. The Balaban J connectivity index is 0.00000433. The first-order valence-corrected chi connectivity index (χ1v) is 17.3. The molecule has 8 nitrogen and oxygen atoms in total. The number of hydrogen-bond acceptors (Lipinski definition) is 5. The minimum atomic E-state index is 0. The summed E-state index contributed by atoms with van der Waals surface area (Å²) in [5.74, 6) is 1.74. The minimum absolute atomic E-state index is 0. The van der Waals surface area contributed by atoms with Gasteiger partial charge in [-0.2, -0.15) is 0 Å². The zero-order valence-electron chi connectivity index (χ0n) is 26.7. The number of unbranched alkanes of at least 4 members (excludes halogenated alkanes) is 2. The lowest BCUT2D eigenvalue weighted by atomic mass is 10.0. The van der Waals surface area contributed by atoms with Gasteiger partial charge in [0, 0.05) is 36.3 Å². The van der Waals surface area contributed by atoms with E-state index in [1.165, 1.54) is 0 Å². The Morgan fingerprint density at radius 1 is 0.702 bits per heavy atom. The number of piperazine rings is 1. The number of quaternary nitrogens is 1. The van der Waals surface area contributed by atoms with E-state index in [0.717, 1.165) is 122 Å². The molecule has 11 heteroatoms. The first kappa shape index (κ1) is 35.3. The van der Waals surface area contributed by atoms with Gasteiger partial charge < -0.3 is 29.5 Å². The summed E-state index contributed by atoms with van der Waals surface area (Å²) in [6.45, 7) is 7.40. The summed E-state index contributed by atoms with van der Waals surface area (Å²) in [6.07, 6.45) is 6.70. The molecule has 6 rings (SSSR count). The molecule has 0 radical (unpaired) electrons. The lowest BCUT2D eigenvalue weighted by molar-refractivity contribution is -0.929. The van der Waals surface area contributed by atoms with Crippen molar-refractivity contribution in [3.63, 3.8) is 0 Å². The van der Waals surface area contributed by atoms with Gasteiger partial charge in [-0.3, -0.25) is 9.59 Å². The number of benzene rings is 3. The first-order chi connectivity index (χ1) is 22.4. The summed E-state index contributed by atoms with van der Waals surface area (Å²) in [7, 11) is 0. The van der Waals surface area contributed by atoms with Gasteiger partial charge in [-0.25, -0.2) is 0 Å². The molecular formula is C36H44BrCl2N4O4+. The Kier molecular flexibility index (Phi) is 12.3. The lowest BCUT2D eigenvalue weighted by Gasteiger charge is -2.46. The van der Waals surface area contributed by atoms with Crippen LogP contribution in [-0.2, 0) is 22.4 Å². The standard InChI is InChI=1S/C36H42Cl2N4O4.BrH/c37-30-6-5-7-33(36(30)38)41-16-20-42(21-17-41,18-1-3-22-45-28-12-8-26-10-14-34(43)39-31(26)24-28)19-2-4-23-46-29-13-9-27-11-15-35(44)40-32(27)25-29;/h5-9,12-13,24-25H,1-4,10-11,14-23H2,(H-,39,40,43,44);1H/p+1. The maximum Gasteiger partial charge on any atom is 0.224 e. The van der Waals surface area contributed by atoms with Crippen molar-refractivity contribution in [1.82, 2.24) is 0 Å². The van der Waals surface area contributed by atoms with Crippen LogP contribution in [0.1, 0.15) is 49.7 Å². The number of fused-ring (bicyclic) bond motifs is 2. The zero-order valence-corrected chi connectivity index (χ0v) is 29.9. The van der Waals surface area contributed by atoms with Crippen molar-refractivity contribution in [2.75, 3.05) is 68.0 Å². The van der Waals surface area contributed by atoms with Crippen molar-refractivity contribution in [3.05, 3.63) is 75.8 Å². The van der Waals surface area contributed by atoms with Gasteiger partial charge in [-0.1, -0.05) is 41.4 Å². The molecule has 1 fully saturated rings. The van der Waals surface area contributed by atoms with Gasteiger partial charge in [0.15, 0.2) is 0 Å². The quantitative estimate of drug-likeness (QED) is 0.139. The highest BCUT2D eigenvalue weighted by atomic mass is 79.9. The van der Waals surface area contributed by atoms with E-state index in [1.54, 1.807) is 0 Å². The highest BCUT2D eigenvalue weighted by Gasteiger charge is 2.33. The zero-order chi connectivity index (χ0) is 31.9. The number of carbonyl (C=O) groups excluding carboxylic acids is 2. The third kappa shape index (κ3) is 9.13. The fourth-order valence-corrected chi connectivity index (χ4v) is 7.20. The van der Waals surface area contributed by atoms with Crippen LogP contribution >= 0.6 is 40.2 Å². The number of halogens is 3. The molecule has 3 aromatic carbocycles. The Labute approximate surface area is 298 Å². The third-order valence-corrected chi connectivity index (χ3v) is 10.3. The number of rotatable bonds is 13. The number of nitrogens with zero attached hydrogens (tertiary/aromatic N) is 2. The number of carbonyl (C=O) groups is 2. The van der Waals surface area contributed by atoms with E-state index in [1.807, 2.05) is 36.4 Å². The molecular weight excluding hydrogens is 703 g/mol. The van der Waals surface area contributed by atoms with Crippen molar-refractivity contribution in [1.29, 1.82) is 0 Å². The van der Waals surface area contributed by atoms with Crippen LogP contribution in [0, 0.1) is 0 Å². The van der Waals surface area contributed by atoms with Gasteiger partial charge in [0.25, 0.3) is 0 Å². The SMILES string of the molecule is Br.O=C1CCc2ccc(OCCCC[N+]3(CCCCOc4ccc5c(c4)NC(=O)CC5)CCN(c4cccc(Cl)c4Cl)CC3)cc2N1. The Hall–Kier alpha value is -2.98. The molecule has 0 bridgehead atoms. The van der Waals surface area contributed by atoms with Crippen molar-refractivity contribution < 1.29 is 23.5 Å². The summed E-state index contributed by atoms with van der Waals surface area (Å²) < 4.78 is 13.2. The van der Waals surface area contributed by atoms with Gasteiger partial charge in [0.05, 0.1) is 68.2 Å². The molecule has 0 aliphatic carbocycles. The highest BCUT2D eigenvalue weighted by Crippen LogP contribution is 2.34. The van der Waals surface area contributed by atoms with E-state index in [-0.39, 0.29) is 28.8 Å². The Bertz CT molecular complexity index is 1480. The molecule has 2 amide bonds. The lowest BCUT2D eigenvalue weighted by Crippen LogP contribution is -2.60. The number of amides is 2. The van der Waals surface area contributed by atoms with Crippen LogP contribution in [0.15, 0.2) is 54.6 Å². The molecule has 0 unspecified atom stereocenters. The van der Waals surface area contributed by atoms with Gasteiger partial charge in [-0.05, 0) is 73.9 Å². The molecule has 0 aromatic heterocycles. The van der Waals surface area contributed by atoms with Crippen LogP contribution < -0.4 is 25.0 Å². The van der Waals surface area contributed by atoms with Crippen molar-refractivity contribution >= 4 is 69.1 Å².